The Morgan fingerprint density at radius 1 is 1.37 bits per heavy atom. The van der Waals surface area contributed by atoms with Crippen molar-refractivity contribution in [2.45, 2.75) is 6.10 Å². The van der Waals surface area contributed by atoms with Gasteiger partial charge in [0, 0.05) is 10.6 Å². The van der Waals surface area contributed by atoms with Gasteiger partial charge in [0.05, 0.1) is 19.8 Å². The van der Waals surface area contributed by atoms with Crippen molar-refractivity contribution in [3.63, 3.8) is 0 Å². The van der Waals surface area contributed by atoms with Crippen LogP contribution in [0.25, 0.3) is 0 Å². The van der Waals surface area contributed by atoms with Crippen LogP contribution in [0.2, 0.25) is 5.02 Å². The lowest BCUT2D eigenvalue weighted by Crippen LogP contribution is -2.36. The smallest absolute Gasteiger partial charge is 0.338 e. The molecule has 0 bridgehead atoms. The van der Waals surface area contributed by atoms with Gasteiger partial charge in [-0.1, -0.05) is 23.4 Å². The van der Waals surface area contributed by atoms with E-state index < -0.39 is 12.1 Å². The highest BCUT2D eigenvalue weighted by Gasteiger charge is 2.23. The third kappa shape index (κ3) is 4.56. The molecular formula is C14H13ClO4. The maximum absolute atomic E-state index is 11.5. The molecule has 1 saturated heterocycles. The van der Waals surface area contributed by atoms with Crippen molar-refractivity contribution in [3.8, 4) is 11.8 Å². The highest BCUT2D eigenvalue weighted by atomic mass is 35.5. The van der Waals surface area contributed by atoms with Gasteiger partial charge in [-0.2, -0.15) is 0 Å². The molecule has 1 aromatic rings. The van der Waals surface area contributed by atoms with E-state index in [1.165, 1.54) is 0 Å². The Labute approximate surface area is 116 Å². The SMILES string of the molecule is O=C(OCC#Cc1ccc(Cl)cc1)[C@H]1COCCO1. The Morgan fingerprint density at radius 2 is 2.16 bits per heavy atom. The first-order valence-electron chi connectivity index (χ1n) is 5.86. The molecule has 2 rings (SSSR count). The van der Waals surface area contributed by atoms with Crippen LogP contribution >= 0.6 is 11.6 Å². The normalized spacial score (nSPS) is 18.3. The largest absolute Gasteiger partial charge is 0.451 e. The van der Waals surface area contributed by atoms with E-state index in [0.717, 1.165) is 5.56 Å². The summed E-state index contributed by atoms with van der Waals surface area (Å²) in [6.07, 6.45) is -0.633. The fourth-order valence-electron chi connectivity index (χ4n) is 1.50. The van der Waals surface area contributed by atoms with Crippen molar-refractivity contribution in [1.82, 2.24) is 0 Å². The first kappa shape index (κ1) is 13.9. The Kier molecular flexibility index (Phi) is 5.22. The molecule has 0 unspecified atom stereocenters. The summed E-state index contributed by atoms with van der Waals surface area (Å²) in [5, 5.41) is 0.659. The molecule has 0 saturated carbocycles. The van der Waals surface area contributed by atoms with E-state index in [9.17, 15) is 4.79 Å². The molecule has 1 aromatic carbocycles. The van der Waals surface area contributed by atoms with Gasteiger partial charge in [0.2, 0.25) is 0 Å². The van der Waals surface area contributed by atoms with Gasteiger partial charge in [0.15, 0.2) is 12.7 Å². The fraction of sp³-hybridized carbons (Fsp3) is 0.357. The molecule has 0 radical (unpaired) electrons. The number of benzene rings is 1. The van der Waals surface area contributed by atoms with Crippen LogP contribution in [-0.4, -0.2) is 38.5 Å². The van der Waals surface area contributed by atoms with E-state index in [1.807, 2.05) is 0 Å². The summed E-state index contributed by atoms with van der Waals surface area (Å²) in [5.41, 5.74) is 0.817. The van der Waals surface area contributed by atoms with E-state index in [0.29, 0.717) is 18.2 Å². The lowest BCUT2D eigenvalue weighted by atomic mass is 10.2. The molecule has 100 valence electrons. The minimum atomic E-state index is -0.633. The molecule has 1 fully saturated rings. The van der Waals surface area contributed by atoms with E-state index in [1.54, 1.807) is 24.3 Å². The molecule has 1 aliphatic rings. The number of rotatable bonds is 2. The number of carbonyl (C=O) groups is 1. The molecular weight excluding hydrogens is 268 g/mol. The van der Waals surface area contributed by atoms with E-state index in [2.05, 4.69) is 11.8 Å². The first-order valence-corrected chi connectivity index (χ1v) is 6.24. The van der Waals surface area contributed by atoms with Crippen LogP contribution in [0.3, 0.4) is 0 Å². The lowest BCUT2D eigenvalue weighted by molar-refractivity contribution is -0.169. The van der Waals surface area contributed by atoms with Gasteiger partial charge < -0.3 is 14.2 Å². The number of hydrogen-bond acceptors (Lipinski definition) is 4. The summed E-state index contributed by atoms with van der Waals surface area (Å²) in [5.74, 6) is 5.19. The molecule has 0 N–H and O–H groups in total. The van der Waals surface area contributed by atoms with Gasteiger partial charge in [-0.15, -0.1) is 0 Å². The zero-order chi connectivity index (χ0) is 13.5. The average molecular weight is 281 g/mol. The molecule has 0 spiro atoms. The summed E-state index contributed by atoms with van der Waals surface area (Å²) in [6.45, 7) is 1.20. The molecule has 4 nitrogen and oxygen atoms in total. The van der Waals surface area contributed by atoms with Gasteiger partial charge in [-0.05, 0) is 24.3 Å². The van der Waals surface area contributed by atoms with Crippen LogP contribution in [0, 0.1) is 11.8 Å². The summed E-state index contributed by atoms with van der Waals surface area (Å²) < 4.78 is 15.3. The fourth-order valence-corrected chi connectivity index (χ4v) is 1.62. The quantitative estimate of drug-likeness (QED) is 0.610. The van der Waals surface area contributed by atoms with Crippen LogP contribution < -0.4 is 0 Å². The second-order valence-electron chi connectivity index (χ2n) is 3.85. The maximum Gasteiger partial charge on any atom is 0.338 e. The molecule has 1 aliphatic heterocycles. The minimum Gasteiger partial charge on any atom is -0.451 e. The molecule has 1 heterocycles. The zero-order valence-electron chi connectivity index (χ0n) is 10.2. The van der Waals surface area contributed by atoms with Gasteiger partial charge in [0.25, 0.3) is 0 Å². The van der Waals surface area contributed by atoms with Gasteiger partial charge in [-0.3, -0.25) is 0 Å². The van der Waals surface area contributed by atoms with Crippen LogP contribution in [0.15, 0.2) is 24.3 Å². The van der Waals surface area contributed by atoms with Gasteiger partial charge in [0.1, 0.15) is 0 Å². The van der Waals surface area contributed by atoms with E-state index in [-0.39, 0.29) is 13.2 Å². The van der Waals surface area contributed by atoms with Crippen LogP contribution in [0.4, 0.5) is 0 Å². The highest BCUT2D eigenvalue weighted by molar-refractivity contribution is 6.30. The molecule has 0 aliphatic carbocycles. The second-order valence-corrected chi connectivity index (χ2v) is 4.29. The number of halogens is 1. The molecule has 1 atom stereocenters. The highest BCUT2D eigenvalue weighted by Crippen LogP contribution is 2.08. The number of carbonyl (C=O) groups excluding carboxylic acids is 1. The zero-order valence-corrected chi connectivity index (χ0v) is 11.0. The van der Waals surface area contributed by atoms with Crippen molar-refractivity contribution in [2.75, 3.05) is 26.4 Å². The standard InChI is InChI=1S/C14H13ClO4/c15-12-5-3-11(4-6-12)2-1-7-19-14(16)13-10-17-8-9-18-13/h3-6,13H,7-10H2/t13-/m1/s1. The Morgan fingerprint density at radius 3 is 2.84 bits per heavy atom. The number of hydrogen-bond donors (Lipinski definition) is 0. The first-order chi connectivity index (χ1) is 9.25. The van der Waals surface area contributed by atoms with Crippen molar-refractivity contribution in [2.24, 2.45) is 0 Å². The Bertz CT molecular complexity index is 480. The van der Waals surface area contributed by atoms with Gasteiger partial charge >= 0.3 is 5.97 Å². The van der Waals surface area contributed by atoms with Crippen molar-refractivity contribution >= 4 is 17.6 Å². The molecule has 19 heavy (non-hydrogen) atoms. The summed E-state index contributed by atoms with van der Waals surface area (Å²) in [4.78, 5) is 11.5. The third-order valence-corrected chi connectivity index (χ3v) is 2.69. The third-order valence-electron chi connectivity index (χ3n) is 2.44. The van der Waals surface area contributed by atoms with Crippen LogP contribution in [0.1, 0.15) is 5.56 Å². The maximum atomic E-state index is 11.5. The average Bonchev–Trinajstić information content (AvgIpc) is 2.46. The van der Waals surface area contributed by atoms with Gasteiger partial charge in [-0.25, -0.2) is 4.79 Å². The number of ether oxygens (including phenoxy) is 3. The van der Waals surface area contributed by atoms with Crippen LogP contribution in [-0.2, 0) is 19.0 Å². The Hall–Kier alpha value is -1.54. The van der Waals surface area contributed by atoms with Crippen molar-refractivity contribution in [3.05, 3.63) is 34.9 Å². The minimum absolute atomic E-state index is 0.0291. The topological polar surface area (TPSA) is 44.8 Å². The predicted octanol–water partition coefficient (Wildman–Crippen LogP) is 1.65. The predicted molar refractivity (Wildman–Crippen MR) is 69.8 cm³/mol. The number of esters is 1. The molecule has 5 heteroatoms. The molecule has 0 aromatic heterocycles. The lowest BCUT2D eigenvalue weighted by Gasteiger charge is -2.20. The van der Waals surface area contributed by atoms with E-state index in [4.69, 9.17) is 25.8 Å². The summed E-state index contributed by atoms with van der Waals surface area (Å²) >= 11 is 5.76. The molecule has 0 amide bonds. The van der Waals surface area contributed by atoms with E-state index >= 15 is 0 Å². The monoisotopic (exact) mass is 280 g/mol. The second kappa shape index (κ2) is 7.15. The Balaban J connectivity index is 1.77. The van der Waals surface area contributed by atoms with Crippen molar-refractivity contribution < 1.29 is 19.0 Å². The summed E-state index contributed by atoms with van der Waals surface area (Å²) in [7, 11) is 0. The summed E-state index contributed by atoms with van der Waals surface area (Å²) in [6, 6.07) is 7.11. The van der Waals surface area contributed by atoms with Crippen molar-refractivity contribution in [1.29, 1.82) is 0 Å². The van der Waals surface area contributed by atoms with Crippen LogP contribution in [0.5, 0.6) is 0 Å².